The minimum absolute atomic E-state index is 0.103. The molecule has 0 bridgehead atoms. The highest BCUT2D eigenvalue weighted by Gasteiger charge is 2.27. The van der Waals surface area contributed by atoms with Gasteiger partial charge in [0.1, 0.15) is 0 Å². The number of pyridine rings is 1. The van der Waals surface area contributed by atoms with E-state index in [0.29, 0.717) is 6.04 Å². The average Bonchev–Trinajstić information content (AvgIpc) is 3.16. The van der Waals surface area contributed by atoms with Gasteiger partial charge in [-0.05, 0) is 36.1 Å². The van der Waals surface area contributed by atoms with Crippen LogP contribution < -0.4 is 4.90 Å². The summed E-state index contributed by atoms with van der Waals surface area (Å²) in [5, 5.41) is 1.09. The normalized spacial score (nSPS) is 14.8. The van der Waals surface area contributed by atoms with Gasteiger partial charge in [0.05, 0.1) is 11.2 Å². The Morgan fingerprint density at radius 3 is 2.48 bits per heavy atom. The van der Waals surface area contributed by atoms with E-state index < -0.39 is 0 Å². The molecule has 1 saturated carbocycles. The fraction of sp³-hybridized carbons (Fsp3) is 0.273. The number of nitrogens with zero attached hydrogens (tertiary/aromatic N) is 2. The van der Waals surface area contributed by atoms with E-state index in [1.807, 2.05) is 35.4 Å². The number of aromatic nitrogens is 1. The van der Waals surface area contributed by atoms with Gasteiger partial charge in [0, 0.05) is 24.5 Å². The summed E-state index contributed by atoms with van der Waals surface area (Å²) in [6.07, 6.45) is 6.36. The van der Waals surface area contributed by atoms with Gasteiger partial charge in [-0.15, -0.1) is 0 Å². The molecule has 1 heterocycles. The quantitative estimate of drug-likeness (QED) is 0.661. The van der Waals surface area contributed by atoms with Gasteiger partial charge in [-0.1, -0.05) is 55.3 Å². The van der Waals surface area contributed by atoms with Gasteiger partial charge in [-0.25, -0.2) is 0 Å². The van der Waals surface area contributed by atoms with Crippen LogP contribution in [0.1, 0.15) is 32.6 Å². The van der Waals surface area contributed by atoms with Crippen molar-refractivity contribution in [1.29, 1.82) is 0 Å². The minimum Gasteiger partial charge on any atom is -0.307 e. The van der Waals surface area contributed by atoms with Crippen molar-refractivity contribution in [2.45, 2.75) is 38.6 Å². The Morgan fingerprint density at radius 1 is 1.00 bits per heavy atom. The summed E-state index contributed by atoms with van der Waals surface area (Å²) in [6.45, 7) is 1.66. The number of amides is 1. The molecule has 1 aromatic heterocycles. The Balaban J connectivity index is 1.90. The fourth-order valence-electron chi connectivity index (χ4n) is 4.01. The van der Waals surface area contributed by atoms with Crippen molar-refractivity contribution in [2.75, 3.05) is 4.90 Å². The molecule has 0 atom stereocenters. The van der Waals surface area contributed by atoms with E-state index in [9.17, 15) is 4.79 Å². The number of anilines is 1. The maximum absolute atomic E-state index is 12.4. The van der Waals surface area contributed by atoms with Crippen molar-refractivity contribution in [3.63, 3.8) is 0 Å². The van der Waals surface area contributed by atoms with Crippen LogP contribution >= 0.6 is 0 Å². The molecule has 0 N–H and O–H groups in total. The third-order valence-electron chi connectivity index (χ3n) is 5.12. The number of hydrogen-bond acceptors (Lipinski definition) is 2. The van der Waals surface area contributed by atoms with E-state index in [-0.39, 0.29) is 5.91 Å². The van der Waals surface area contributed by atoms with Crippen molar-refractivity contribution < 1.29 is 4.79 Å². The molecule has 0 radical (unpaired) electrons. The smallest absolute Gasteiger partial charge is 0.224 e. The topological polar surface area (TPSA) is 33.2 Å². The van der Waals surface area contributed by atoms with Crippen LogP contribution in [-0.4, -0.2) is 16.9 Å². The van der Waals surface area contributed by atoms with E-state index in [1.54, 1.807) is 6.92 Å². The summed E-state index contributed by atoms with van der Waals surface area (Å²) >= 11 is 0. The van der Waals surface area contributed by atoms with Crippen molar-refractivity contribution in [3.8, 4) is 11.1 Å². The number of hydrogen-bond donors (Lipinski definition) is 0. The standard InChI is InChI=1S/C22H22N2O/c1-16(25)24(18-10-5-6-11-18)21-14-13-19(17-8-3-2-4-9-17)20-12-7-15-23-22(20)21/h2-4,7-9,12-15,18H,5-6,10-11H2,1H3. The molecular weight excluding hydrogens is 308 g/mol. The lowest BCUT2D eigenvalue weighted by Gasteiger charge is -2.29. The van der Waals surface area contributed by atoms with Crippen molar-refractivity contribution in [3.05, 3.63) is 60.8 Å². The van der Waals surface area contributed by atoms with Crippen molar-refractivity contribution >= 4 is 22.5 Å². The number of benzene rings is 2. The minimum atomic E-state index is 0.103. The molecule has 126 valence electrons. The first-order valence-electron chi connectivity index (χ1n) is 8.98. The summed E-state index contributed by atoms with van der Waals surface area (Å²) < 4.78 is 0. The van der Waals surface area contributed by atoms with Crippen LogP contribution in [0, 0.1) is 0 Å². The van der Waals surface area contributed by atoms with Gasteiger partial charge in [-0.2, -0.15) is 0 Å². The average molecular weight is 330 g/mol. The number of carbonyl (C=O) groups excluding carboxylic acids is 1. The Bertz CT molecular complexity index is 898. The second-order valence-electron chi connectivity index (χ2n) is 6.73. The summed E-state index contributed by atoms with van der Waals surface area (Å²) in [4.78, 5) is 19.0. The first-order valence-corrected chi connectivity index (χ1v) is 8.98. The second-order valence-corrected chi connectivity index (χ2v) is 6.73. The van der Waals surface area contributed by atoms with E-state index >= 15 is 0 Å². The Hall–Kier alpha value is -2.68. The molecule has 1 aliphatic carbocycles. The third kappa shape index (κ3) is 2.91. The summed E-state index contributed by atoms with van der Waals surface area (Å²) in [5.74, 6) is 0.103. The van der Waals surface area contributed by atoms with Gasteiger partial charge in [0.15, 0.2) is 0 Å². The van der Waals surface area contributed by atoms with Crippen LogP contribution in [0.3, 0.4) is 0 Å². The largest absolute Gasteiger partial charge is 0.307 e. The van der Waals surface area contributed by atoms with Crippen LogP contribution in [-0.2, 0) is 4.79 Å². The molecule has 0 saturated heterocycles. The maximum Gasteiger partial charge on any atom is 0.224 e. The summed E-state index contributed by atoms with van der Waals surface area (Å²) in [6, 6.07) is 18.9. The number of carbonyl (C=O) groups is 1. The Kier molecular flexibility index (Phi) is 4.22. The van der Waals surface area contributed by atoms with Crippen LogP contribution in [0.4, 0.5) is 5.69 Å². The van der Waals surface area contributed by atoms with E-state index in [4.69, 9.17) is 0 Å². The molecule has 25 heavy (non-hydrogen) atoms. The zero-order valence-corrected chi connectivity index (χ0v) is 14.5. The lowest BCUT2D eigenvalue weighted by atomic mass is 9.99. The molecule has 3 nitrogen and oxygen atoms in total. The SMILES string of the molecule is CC(=O)N(c1ccc(-c2ccccc2)c2cccnc12)C1CCCC1. The molecular formula is C22H22N2O. The Morgan fingerprint density at radius 2 is 1.76 bits per heavy atom. The predicted octanol–water partition coefficient (Wildman–Crippen LogP) is 5.20. The zero-order valence-electron chi connectivity index (χ0n) is 14.5. The van der Waals surface area contributed by atoms with Gasteiger partial charge >= 0.3 is 0 Å². The van der Waals surface area contributed by atoms with Crippen LogP contribution in [0.5, 0.6) is 0 Å². The maximum atomic E-state index is 12.4. The van der Waals surface area contributed by atoms with E-state index in [2.05, 4.69) is 35.3 Å². The van der Waals surface area contributed by atoms with Gasteiger partial charge in [0.2, 0.25) is 5.91 Å². The predicted molar refractivity (Wildman–Crippen MR) is 103 cm³/mol. The molecule has 1 fully saturated rings. The molecule has 0 unspecified atom stereocenters. The van der Waals surface area contributed by atoms with Gasteiger partial charge in [-0.3, -0.25) is 9.78 Å². The second kappa shape index (κ2) is 6.67. The highest BCUT2D eigenvalue weighted by Crippen LogP contribution is 2.36. The highest BCUT2D eigenvalue weighted by molar-refractivity contribution is 6.06. The summed E-state index contributed by atoms with van der Waals surface area (Å²) in [5.41, 5.74) is 4.17. The molecule has 3 aromatic rings. The third-order valence-corrected chi connectivity index (χ3v) is 5.12. The lowest BCUT2D eigenvalue weighted by Crippen LogP contribution is -2.37. The molecule has 1 amide bonds. The molecule has 0 aliphatic heterocycles. The van der Waals surface area contributed by atoms with Crippen LogP contribution in [0.15, 0.2) is 60.8 Å². The number of fused-ring (bicyclic) bond motifs is 1. The first-order chi connectivity index (χ1) is 12.3. The first kappa shape index (κ1) is 15.8. The molecule has 0 spiro atoms. The number of rotatable bonds is 3. The monoisotopic (exact) mass is 330 g/mol. The Labute approximate surface area is 148 Å². The van der Waals surface area contributed by atoms with Crippen LogP contribution in [0.2, 0.25) is 0 Å². The molecule has 1 aliphatic rings. The molecule has 4 rings (SSSR count). The van der Waals surface area contributed by atoms with E-state index in [1.165, 1.54) is 18.4 Å². The zero-order chi connectivity index (χ0) is 17.2. The van der Waals surface area contributed by atoms with Crippen molar-refractivity contribution in [1.82, 2.24) is 4.98 Å². The lowest BCUT2D eigenvalue weighted by molar-refractivity contribution is -0.117. The highest BCUT2D eigenvalue weighted by atomic mass is 16.2. The summed E-state index contributed by atoms with van der Waals surface area (Å²) in [7, 11) is 0. The van der Waals surface area contributed by atoms with Crippen molar-refractivity contribution in [2.24, 2.45) is 0 Å². The molecule has 2 aromatic carbocycles. The van der Waals surface area contributed by atoms with Gasteiger partial charge < -0.3 is 4.90 Å². The van der Waals surface area contributed by atoms with E-state index in [0.717, 1.165) is 35.0 Å². The van der Waals surface area contributed by atoms with Crippen LogP contribution in [0.25, 0.3) is 22.0 Å². The molecule has 3 heteroatoms. The van der Waals surface area contributed by atoms with Gasteiger partial charge in [0.25, 0.3) is 0 Å². The fourth-order valence-corrected chi connectivity index (χ4v) is 4.01.